The maximum atomic E-state index is 6.04. The molecule has 0 spiro atoms. The number of fused-ring (bicyclic) bond motifs is 1. The van der Waals surface area contributed by atoms with Crippen LogP contribution >= 0.6 is 0 Å². The van der Waals surface area contributed by atoms with E-state index in [9.17, 15) is 0 Å². The monoisotopic (exact) mass is 282 g/mol. The van der Waals surface area contributed by atoms with Gasteiger partial charge in [-0.25, -0.2) is 9.50 Å². The van der Waals surface area contributed by atoms with E-state index in [1.807, 2.05) is 57.3 Å². The van der Waals surface area contributed by atoms with E-state index in [1.54, 1.807) is 4.52 Å². The lowest BCUT2D eigenvalue weighted by Crippen LogP contribution is -2.07. The fourth-order valence-corrected chi connectivity index (χ4v) is 2.15. The molecule has 2 N–H and O–H groups in total. The van der Waals surface area contributed by atoms with Crippen molar-refractivity contribution in [1.29, 1.82) is 0 Å². The van der Waals surface area contributed by atoms with Crippen molar-refractivity contribution >= 4 is 11.3 Å². The molecule has 108 valence electrons. The first-order valence-corrected chi connectivity index (χ1v) is 6.92. The fraction of sp³-hybridized carbons (Fsp3) is 0.250. The number of nitrogen functional groups attached to an aromatic ring is 1. The molecule has 0 saturated carbocycles. The van der Waals surface area contributed by atoms with E-state index in [-0.39, 0.29) is 6.10 Å². The summed E-state index contributed by atoms with van der Waals surface area (Å²) in [6.45, 7) is 5.98. The smallest absolute Gasteiger partial charge is 0.182 e. The Hall–Kier alpha value is -2.56. The van der Waals surface area contributed by atoms with Gasteiger partial charge in [0.25, 0.3) is 0 Å². The number of aromatic nitrogens is 3. The molecule has 21 heavy (non-hydrogen) atoms. The zero-order valence-corrected chi connectivity index (χ0v) is 12.4. The zero-order valence-electron chi connectivity index (χ0n) is 12.4. The van der Waals surface area contributed by atoms with Gasteiger partial charge in [0, 0.05) is 11.8 Å². The predicted octanol–water partition coefficient (Wildman–Crippen LogP) is 3.07. The molecule has 0 bridgehead atoms. The van der Waals surface area contributed by atoms with E-state index in [0.29, 0.717) is 17.3 Å². The minimum atomic E-state index is 0.0921. The Bertz CT molecular complexity index is 792. The maximum absolute atomic E-state index is 6.04. The first-order valence-electron chi connectivity index (χ1n) is 6.92. The predicted molar refractivity (Wildman–Crippen MR) is 83.3 cm³/mol. The molecule has 5 heteroatoms. The number of ether oxygens (including phenoxy) is 1. The Kier molecular flexibility index (Phi) is 3.25. The van der Waals surface area contributed by atoms with Gasteiger partial charge in [-0.05, 0) is 56.7 Å². The van der Waals surface area contributed by atoms with Gasteiger partial charge in [0.1, 0.15) is 5.75 Å². The standard InChI is InChI=1S/C16H18N4O/c1-10(2)21-14-5-4-12(9-13(14)17)16-18-15-8-11(3)6-7-20(15)19-16/h4-10H,17H2,1-3H3. The summed E-state index contributed by atoms with van der Waals surface area (Å²) in [6.07, 6.45) is 2.00. The van der Waals surface area contributed by atoms with E-state index >= 15 is 0 Å². The van der Waals surface area contributed by atoms with Gasteiger partial charge in [-0.1, -0.05) is 0 Å². The quantitative estimate of drug-likeness (QED) is 0.750. The van der Waals surface area contributed by atoms with Crippen LogP contribution in [0.4, 0.5) is 5.69 Å². The van der Waals surface area contributed by atoms with Crippen LogP contribution in [-0.4, -0.2) is 20.7 Å². The Morgan fingerprint density at radius 2 is 2.00 bits per heavy atom. The number of rotatable bonds is 3. The molecular weight excluding hydrogens is 264 g/mol. The van der Waals surface area contributed by atoms with Crippen molar-refractivity contribution < 1.29 is 4.74 Å². The fourth-order valence-electron chi connectivity index (χ4n) is 2.15. The van der Waals surface area contributed by atoms with Crippen LogP contribution in [0, 0.1) is 6.92 Å². The molecule has 0 radical (unpaired) electrons. The van der Waals surface area contributed by atoms with Crippen LogP contribution < -0.4 is 10.5 Å². The molecule has 2 heterocycles. The van der Waals surface area contributed by atoms with Crippen molar-refractivity contribution in [3.63, 3.8) is 0 Å². The Morgan fingerprint density at radius 1 is 1.19 bits per heavy atom. The van der Waals surface area contributed by atoms with Gasteiger partial charge in [0.15, 0.2) is 11.5 Å². The summed E-state index contributed by atoms with van der Waals surface area (Å²) in [6, 6.07) is 9.63. The van der Waals surface area contributed by atoms with Crippen LogP contribution in [0.25, 0.3) is 17.0 Å². The molecule has 0 aliphatic rings. The maximum Gasteiger partial charge on any atom is 0.182 e. The molecule has 0 fully saturated rings. The van der Waals surface area contributed by atoms with Crippen LogP contribution in [0.2, 0.25) is 0 Å². The number of anilines is 1. The molecule has 0 unspecified atom stereocenters. The number of pyridine rings is 1. The van der Waals surface area contributed by atoms with Gasteiger partial charge >= 0.3 is 0 Å². The topological polar surface area (TPSA) is 65.4 Å². The average molecular weight is 282 g/mol. The number of hydrogen-bond donors (Lipinski definition) is 1. The lowest BCUT2D eigenvalue weighted by atomic mass is 10.2. The molecule has 3 rings (SSSR count). The Balaban J connectivity index is 2.00. The number of nitrogens with two attached hydrogens (primary N) is 1. The van der Waals surface area contributed by atoms with E-state index in [0.717, 1.165) is 16.8 Å². The second-order valence-electron chi connectivity index (χ2n) is 5.36. The minimum absolute atomic E-state index is 0.0921. The third-order valence-corrected chi connectivity index (χ3v) is 3.12. The van der Waals surface area contributed by atoms with Crippen molar-refractivity contribution in [2.24, 2.45) is 0 Å². The highest BCUT2D eigenvalue weighted by atomic mass is 16.5. The van der Waals surface area contributed by atoms with Crippen LogP contribution in [-0.2, 0) is 0 Å². The molecule has 0 saturated heterocycles. The Labute approximate surface area is 123 Å². The first kappa shape index (κ1) is 13.4. The Morgan fingerprint density at radius 3 is 2.71 bits per heavy atom. The summed E-state index contributed by atoms with van der Waals surface area (Å²) in [7, 11) is 0. The van der Waals surface area contributed by atoms with Gasteiger partial charge in [-0.15, -0.1) is 5.10 Å². The highest BCUT2D eigenvalue weighted by molar-refractivity contribution is 5.67. The normalized spacial score (nSPS) is 11.2. The van der Waals surface area contributed by atoms with Gasteiger partial charge in [-0.3, -0.25) is 0 Å². The van der Waals surface area contributed by atoms with Crippen molar-refractivity contribution in [3.8, 4) is 17.1 Å². The minimum Gasteiger partial charge on any atom is -0.489 e. The molecule has 0 aliphatic heterocycles. The third-order valence-electron chi connectivity index (χ3n) is 3.12. The van der Waals surface area contributed by atoms with E-state index < -0.39 is 0 Å². The van der Waals surface area contributed by atoms with Crippen LogP contribution in [0.1, 0.15) is 19.4 Å². The molecule has 3 aromatic rings. The molecule has 0 amide bonds. The van der Waals surface area contributed by atoms with Crippen LogP contribution in [0.15, 0.2) is 36.5 Å². The van der Waals surface area contributed by atoms with Gasteiger partial charge < -0.3 is 10.5 Å². The lowest BCUT2D eigenvalue weighted by molar-refractivity contribution is 0.244. The summed E-state index contributed by atoms with van der Waals surface area (Å²) in [5, 5.41) is 4.46. The SMILES string of the molecule is Cc1ccn2nc(-c3ccc(OC(C)C)c(N)c3)nc2c1. The first-order chi connectivity index (χ1) is 10.0. The number of hydrogen-bond acceptors (Lipinski definition) is 4. The summed E-state index contributed by atoms with van der Waals surface area (Å²) in [4.78, 5) is 4.53. The largest absolute Gasteiger partial charge is 0.489 e. The summed E-state index contributed by atoms with van der Waals surface area (Å²) >= 11 is 0. The third kappa shape index (κ3) is 2.67. The van der Waals surface area contributed by atoms with E-state index in [4.69, 9.17) is 10.5 Å². The van der Waals surface area contributed by atoms with Crippen molar-refractivity contribution in [1.82, 2.24) is 14.6 Å². The number of aryl methyl sites for hydroxylation is 1. The summed E-state index contributed by atoms with van der Waals surface area (Å²) < 4.78 is 7.40. The lowest BCUT2D eigenvalue weighted by Gasteiger charge is -2.12. The summed E-state index contributed by atoms with van der Waals surface area (Å²) in [5.41, 5.74) is 9.49. The molecule has 2 aromatic heterocycles. The summed E-state index contributed by atoms with van der Waals surface area (Å²) in [5.74, 6) is 1.34. The highest BCUT2D eigenvalue weighted by Crippen LogP contribution is 2.28. The van der Waals surface area contributed by atoms with Gasteiger partial charge in [-0.2, -0.15) is 0 Å². The van der Waals surface area contributed by atoms with Crippen LogP contribution in [0.3, 0.4) is 0 Å². The molecule has 0 atom stereocenters. The van der Waals surface area contributed by atoms with Gasteiger partial charge in [0.2, 0.25) is 0 Å². The molecular formula is C16H18N4O. The highest BCUT2D eigenvalue weighted by Gasteiger charge is 2.10. The second-order valence-corrected chi connectivity index (χ2v) is 5.36. The number of benzene rings is 1. The van der Waals surface area contributed by atoms with Crippen molar-refractivity contribution in [3.05, 3.63) is 42.1 Å². The van der Waals surface area contributed by atoms with Crippen molar-refractivity contribution in [2.75, 3.05) is 5.73 Å². The van der Waals surface area contributed by atoms with E-state index in [2.05, 4.69) is 10.1 Å². The second kappa shape index (κ2) is 5.09. The average Bonchev–Trinajstić information content (AvgIpc) is 2.83. The van der Waals surface area contributed by atoms with Gasteiger partial charge in [0.05, 0.1) is 11.8 Å². The number of nitrogens with zero attached hydrogens (tertiary/aromatic N) is 3. The van der Waals surface area contributed by atoms with E-state index in [1.165, 1.54) is 0 Å². The molecule has 1 aromatic carbocycles. The zero-order chi connectivity index (χ0) is 15.0. The van der Waals surface area contributed by atoms with Crippen LogP contribution in [0.5, 0.6) is 5.75 Å². The molecule has 0 aliphatic carbocycles. The van der Waals surface area contributed by atoms with Crippen molar-refractivity contribution in [2.45, 2.75) is 26.9 Å². The molecule has 5 nitrogen and oxygen atoms in total.